The maximum absolute atomic E-state index is 12.7. The third-order valence-corrected chi connectivity index (χ3v) is 6.04. The second-order valence-electron chi connectivity index (χ2n) is 7.26. The van der Waals surface area contributed by atoms with Gasteiger partial charge in [0.25, 0.3) is 5.91 Å². The van der Waals surface area contributed by atoms with Crippen LogP contribution in [0.5, 0.6) is 17.2 Å². The second kappa shape index (κ2) is 13.2. The van der Waals surface area contributed by atoms with Crippen LogP contribution in [0.15, 0.2) is 70.7 Å². The molecule has 0 saturated heterocycles. The SMILES string of the molecule is CCOc1ccc(NC(=O)/C(C#N)=C/c2cc(Br)c(OCc3ccc(I)cc3)c(OCC)c2)cc1. The molecular weight excluding hydrogens is 623 g/mol. The van der Waals surface area contributed by atoms with Crippen LogP contribution in [0.2, 0.25) is 0 Å². The average Bonchev–Trinajstić information content (AvgIpc) is 2.84. The highest BCUT2D eigenvalue weighted by Crippen LogP contribution is 2.38. The van der Waals surface area contributed by atoms with E-state index in [0.29, 0.717) is 52.8 Å². The van der Waals surface area contributed by atoms with Crippen LogP contribution in [0.1, 0.15) is 25.0 Å². The number of carbonyl (C=O) groups is 1. The van der Waals surface area contributed by atoms with Crippen LogP contribution in [0.25, 0.3) is 6.08 Å². The molecule has 8 heteroatoms. The van der Waals surface area contributed by atoms with Gasteiger partial charge in [-0.25, -0.2) is 0 Å². The van der Waals surface area contributed by atoms with Gasteiger partial charge in [-0.1, -0.05) is 12.1 Å². The minimum atomic E-state index is -0.509. The van der Waals surface area contributed by atoms with Gasteiger partial charge in [0.05, 0.1) is 17.7 Å². The molecule has 180 valence electrons. The molecule has 0 aliphatic rings. The molecule has 3 rings (SSSR count). The first kappa shape index (κ1) is 26.6. The second-order valence-corrected chi connectivity index (χ2v) is 9.36. The molecule has 0 spiro atoms. The predicted molar refractivity (Wildman–Crippen MR) is 149 cm³/mol. The lowest BCUT2D eigenvalue weighted by Crippen LogP contribution is -2.13. The van der Waals surface area contributed by atoms with Crippen molar-refractivity contribution in [1.29, 1.82) is 5.26 Å². The number of benzene rings is 3. The molecule has 1 N–H and O–H groups in total. The Bertz CT molecular complexity index is 1240. The van der Waals surface area contributed by atoms with E-state index in [4.69, 9.17) is 14.2 Å². The highest BCUT2D eigenvalue weighted by Gasteiger charge is 2.15. The van der Waals surface area contributed by atoms with Crippen LogP contribution in [-0.2, 0) is 11.4 Å². The largest absolute Gasteiger partial charge is 0.494 e. The van der Waals surface area contributed by atoms with Crippen molar-refractivity contribution in [3.05, 3.63) is 85.4 Å². The molecule has 0 aliphatic heterocycles. The first-order valence-corrected chi connectivity index (χ1v) is 12.8. The number of carbonyl (C=O) groups excluding carboxylic acids is 1. The third kappa shape index (κ3) is 7.73. The summed E-state index contributed by atoms with van der Waals surface area (Å²) >= 11 is 5.80. The molecule has 0 radical (unpaired) electrons. The summed E-state index contributed by atoms with van der Waals surface area (Å²) in [5.74, 6) is 1.27. The summed E-state index contributed by atoms with van der Waals surface area (Å²) in [5, 5.41) is 12.3. The Morgan fingerprint density at radius 2 is 1.71 bits per heavy atom. The summed E-state index contributed by atoms with van der Waals surface area (Å²) in [7, 11) is 0. The Kier molecular flexibility index (Phi) is 9.99. The lowest BCUT2D eigenvalue weighted by Gasteiger charge is -2.15. The zero-order valence-electron chi connectivity index (χ0n) is 19.3. The molecule has 0 heterocycles. The van der Waals surface area contributed by atoms with Crippen molar-refractivity contribution in [2.75, 3.05) is 18.5 Å². The molecule has 35 heavy (non-hydrogen) atoms. The highest BCUT2D eigenvalue weighted by atomic mass is 127. The lowest BCUT2D eigenvalue weighted by molar-refractivity contribution is -0.112. The Morgan fingerprint density at radius 3 is 2.34 bits per heavy atom. The maximum atomic E-state index is 12.7. The Morgan fingerprint density at radius 1 is 1.03 bits per heavy atom. The third-order valence-electron chi connectivity index (χ3n) is 4.73. The number of anilines is 1. The van der Waals surface area contributed by atoms with Gasteiger partial charge in [0.15, 0.2) is 11.5 Å². The molecule has 0 aliphatic carbocycles. The first-order valence-electron chi connectivity index (χ1n) is 10.9. The van der Waals surface area contributed by atoms with Crippen molar-refractivity contribution in [2.24, 2.45) is 0 Å². The number of rotatable bonds is 10. The molecule has 0 bridgehead atoms. The summed E-state index contributed by atoms with van der Waals surface area (Å²) in [6.45, 7) is 5.14. The van der Waals surface area contributed by atoms with Gasteiger partial charge in [-0.05, 0) is 118 Å². The zero-order chi connectivity index (χ0) is 25.2. The minimum absolute atomic E-state index is 0.0409. The molecule has 0 fully saturated rings. The topological polar surface area (TPSA) is 80.6 Å². The Hall–Kier alpha value is -3.03. The Balaban J connectivity index is 1.79. The molecule has 3 aromatic carbocycles. The van der Waals surface area contributed by atoms with E-state index in [1.54, 1.807) is 36.4 Å². The number of nitrogens with one attached hydrogen (secondary N) is 1. The van der Waals surface area contributed by atoms with Crippen LogP contribution < -0.4 is 19.5 Å². The van der Waals surface area contributed by atoms with Crippen LogP contribution in [0, 0.1) is 14.9 Å². The molecule has 6 nitrogen and oxygen atoms in total. The van der Waals surface area contributed by atoms with Crippen molar-refractivity contribution in [3.63, 3.8) is 0 Å². The van der Waals surface area contributed by atoms with Gasteiger partial charge in [-0.3, -0.25) is 4.79 Å². The minimum Gasteiger partial charge on any atom is -0.494 e. The molecule has 0 saturated carbocycles. The Labute approximate surface area is 227 Å². The molecule has 0 aromatic heterocycles. The summed E-state index contributed by atoms with van der Waals surface area (Å²) in [6, 6.07) is 20.5. The summed E-state index contributed by atoms with van der Waals surface area (Å²) in [6.07, 6.45) is 1.51. The van der Waals surface area contributed by atoms with Gasteiger partial charge in [-0.2, -0.15) is 5.26 Å². The van der Waals surface area contributed by atoms with E-state index >= 15 is 0 Å². The maximum Gasteiger partial charge on any atom is 0.266 e. The fraction of sp³-hybridized carbons (Fsp3) is 0.185. The number of nitrogens with zero attached hydrogens (tertiary/aromatic N) is 1. The predicted octanol–water partition coefficient (Wildman–Crippen LogP) is 6.98. The van der Waals surface area contributed by atoms with Crippen molar-refractivity contribution in [1.82, 2.24) is 0 Å². The van der Waals surface area contributed by atoms with Gasteiger partial charge >= 0.3 is 0 Å². The van der Waals surface area contributed by atoms with Gasteiger partial charge in [0.2, 0.25) is 0 Å². The highest BCUT2D eigenvalue weighted by molar-refractivity contribution is 14.1. The van der Waals surface area contributed by atoms with Crippen LogP contribution >= 0.6 is 38.5 Å². The van der Waals surface area contributed by atoms with Crippen molar-refractivity contribution >= 4 is 56.2 Å². The monoisotopic (exact) mass is 646 g/mol. The van der Waals surface area contributed by atoms with Crippen molar-refractivity contribution in [2.45, 2.75) is 20.5 Å². The lowest BCUT2D eigenvalue weighted by atomic mass is 10.1. The summed E-state index contributed by atoms with van der Waals surface area (Å²) in [5.41, 5.74) is 2.18. The number of hydrogen-bond donors (Lipinski definition) is 1. The molecule has 0 atom stereocenters. The number of amides is 1. The quantitative estimate of drug-likeness (QED) is 0.146. The summed E-state index contributed by atoms with van der Waals surface area (Å²) < 4.78 is 19.0. The molecule has 0 unspecified atom stereocenters. The van der Waals surface area contributed by atoms with E-state index in [2.05, 4.69) is 43.8 Å². The number of hydrogen-bond acceptors (Lipinski definition) is 5. The standard InChI is InChI=1S/C27H24BrIN2O4/c1-3-33-23-11-9-22(10-12-23)31-27(32)20(16-30)13-19-14-24(28)26(25(15-19)34-4-2)35-17-18-5-7-21(29)8-6-18/h5-15H,3-4,17H2,1-2H3,(H,31,32)/b20-13+. The van der Waals surface area contributed by atoms with Gasteiger partial charge in [-0.15, -0.1) is 0 Å². The van der Waals surface area contributed by atoms with E-state index in [9.17, 15) is 10.1 Å². The average molecular weight is 647 g/mol. The summed E-state index contributed by atoms with van der Waals surface area (Å²) in [4.78, 5) is 12.7. The van der Waals surface area contributed by atoms with E-state index in [-0.39, 0.29) is 5.57 Å². The van der Waals surface area contributed by atoms with Gasteiger partial charge in [0.1, 0.15) is 24.0 Å². The van der Waals surface area contributed by atoms with Crippen LogP contribution in [-0.4, -0.2) is 19.1 Å². The smallest absolute Gasteiger partial charge is 0.266 e. The van der Waals surface area contributed by atoms with E-state index in [1.165, 1.54) is 6.08 Å². The first-order chi connectivity index (χ1) is 16.9. The fourth-order valence-corrected chi connectivity index (χ4v) is 4.06. The zero-order valence-corrected chi connectivity index (χ0v) is 23.1. The number of halogens is 2. The molecule has 3 aromatic rings. The van der Waals surface area contributed by atoms with Gasteiger partial charge < -0.3 is 19.5 Å². The normalized spacial score (nSPS) is 10.9. The van der Waals surface area contributed by atoms with Crippen LogP contribution in [0.3, 0.4) is 0 Å². The van der Waals surface area contributed by atoms with Gasteiger partial charge in [0, 0.05) is 9.26 Å². The number of nitriles is 1. The fourth-order valence-electron chi connectivity index (χ4n) is 3.13. The van der Waals surface area contributed by atoms with E-state index in [1.807, 2.05) is 44.2 Å². The van der Waals surface area contributed by atoms with E-state index in [0.717, 1.165) is 9.13 Å². The van der Waals surface area contributed by atoms with E-state index < -0.39 is 5.91 Å². The molecular formula is C27H24BrIN2O4. The van der Waals surface area contributed by atoms with Crippen molar-refractivity contribution < 1.29 is 19.0 Å². The van der Waals surface area contributed by atoms with Crippen molar-refractivity contribution in [3.8, 4) is 23.3 Å². The molecule has 1 amide bonds. The van der Waals surface area contributed by atoms with Crippen LogP contribution in [0.4, 0.5) is 5.69 Å². The number of ether oxygens (including phenoxy) is 3.